The van der Waals surface area contributed by atoms with Crippen LogP contribution in [0.25, 0.3) is 0 Å². The van der Waals surface area contributed by atoms with Crippen molar-refractivity contribution < 1.29 is 14.3 Å². The Labute approximate surface area is 84.2 Å². The van der Waals surface area contributed by atoms with Crippen molar-refractivity contribution in [2.75, 3.05) is 27.2 Å². The molecule has 0 atom stereocenters. The number of rotatable bonds is 7. The van der Waals surface area contributed by atoms with E-state index in [9.17, 15) is 9.59 Å². The monoisotopic (exact) mass is 202 g/mol. The fourth-order valence-corrected chi connectivity index (χ4v) is 0.916. The Balaban J connectivity index is 3.14. The summed E-state index contributed by atoms with van der Waals surface area (Å²) in [5, 5.41) is 5.59. The molecule has 0 fully saturated rings. The highest BCUT2D eigenvalue weighted by atomic mass is 16.5. The van der Waals surface area contributed by atoms with E-state index in [1.165, 1.54) is 7.11 Å². The molecule has 0 heterocycles. The van der Waals surface area contributed by atoms with Crippen LogP contribution in [0.2, 0.25) is 0 Å². The Morgan fingerprint density at radius 3 is 2.50 bits per heavy atom. The molecule has 0 bridgehead atoms. The van der Waals surface area contributed by atoms with Crippen LogP contribution in [0.1, 0.15) is 19.3 Å². The Kier molecular flexibility index (Phi) is 7.83. The van der Waals surface area contributed by atoms with Crippen LogP contribution in [0.3, 0.4) is 0 Å². The van der Waals surface area contributed by atoms with E-state index in [1.807, 2.05) is 0 Å². The second-order valence-corrected chi connectivity index (χ2v) is 2.85. The van der Waals surface area contributed by atoms with Gasteiger partial charge in [-0.1, -0.05) is 0 Å². The number of amides is 1. The molecule has 82 valence electrons. The van der Waals surface area contributed by atoms with Crippen LogP contribution >= 0.6 is 0 Å². The lowest BCUT2D eigenvalue weighted by Crippen LogP contribution is -2.23. The summed E-state index contributed by atoms with van der Waals surface area (Å²) in [6.07, 6.45) is 1.67. The summed E-state index contributed by atoms with van der Waals surface area (Å²) in [5.41, 5.74) is 0. The molecular formula is C9H18N2O3. The molecule has 0 aliphatic carbocycles. The van der Waals surface area contributed by atoms with Gasteiger partial charge in [-0.05, 0) is 13.0 Å². The molecule has 0 saturated carbocycles. The molecule has 0 aromatic heterocycles. The normalized spacial score (nSPS) is 9.57. The van der Waals surface area contributed by atoms with E-state index in [0.29, 0.717) is 19.4 Å². The first-order valence-corrected chi connectivity index (χ1v) is 4.68. The molecule has 5 nitrogen and oxygen atoms in total. The summed E-state index contributed by atoms with van der Waals surface area (Å²) < 4.78 is 4.47. The first-order valence-electron chi connectivity index (χ1n) is 4.68. The van der Waals surface area contributed by atoms with Gasteiger partial charge in [-0.25, -0.2) is 0 Å². The van der Waals surface area contributed by atoms with Gasteiger partial charge in [0, 0.05) is 20.0 Å². The van der Waals surface area contributed by atoms with Crippen LogP contribution in [-0.2, 0) is 14.3 Å². The third-order valence-corrected chi connectivity index (χ3v) is 1.77. The molecule has 0 saturated heterocycles. The number of esters is 1. The zero-order valence-electron chi connectivity index (χ0n) is 8.76. The Bertz CT molecular complexity index is 163. The molecule has 5 heteroatoms. The van der Waals surface area contributed by atoms with E-state index < -0.39 is 0 Å². The van der Waals surface area contributed by atoms with Gasteiger partial charge in [0.05, 0.1) is 13.5 Å². The van der Waals surface area contributed by atoms with Crippen LogP contribution in [0.15, 0.2) is 0 Å². The third-order valence-electron chi connectivity index (χ3n) is 1.77. The summed E-state index contributed by atoms with van der Waals surface area (Å²) in [6.45, 7) is 1.34. The number of ether oxygens (including phenoxy) is 1. The summed E-state index contributed by atoms with van der Waals surface area (Å²) >= 11 is 0. The molecule has 2 N–H and O–H groups in total. The molecular weight excluding hydrogens is 184 g/mol. The number of methoxy groups -OCH3 is 1. The summed E-state index contributed by atoms with van der Waals surface area (Å²) in [7, 11) is 2.99. The number of hydrogen-bond donors (Lipinski definition) is 2. The first-order chi connectivity index (χ1) is 6.70. The SMILES string of the molecule is CNC(=O)CCCNCCC(=O)OC. The van der Waals surface area contributed by atoms with Crippen LogP contribution in [0, 0.1) is 0 Å². The highest BCUT2D eigenvalue weighted by molar-refractivity contribution is 5.75. The second-order valence-electron chi connectivity index (χ2n) is 2.85. The predicted octanol–water partition coefficient (Wildman–Crippen LogP) is -0.335. The van der Waals surface area contributed by atoms with E-state index >= 15 is 0 Å². The van der Waals surface area contributed by atoms with Gasteiger partial charge < -0.3 is 15.4 Å². The van der Waals surface area contributed by atoms with E-state index in [-0.39, 0.29) is 11.9 Å². The molecule has 0 aromatic rings. The first kappa shape index (κ1) is 12.9. The summed E-state index contributed by atoms with van der Waals surface area (Å²) in [6, 6.07) is 0. The lowest BCUT2D eigenvalue weighted by molar-refractivity contribution is -0.140. The number of carbonyl (C=O) groups is 2. The second kappa shape index (κ2) is 8.50. The maximum Gasteiger partial charge on any atom is 0.306 e. The van der Waals surface area contributed by atoms with Crippen LogP contribution in [0.5, 0.6) is 0 Å². The van der Waals surface area contributed by atoms with E-state index in [4.69, 9.17) is 0 Å². The quantitative estimate of drug-likeness (QED) is 0.438. The minimum atomic E-state index is -0.219. The largest absolute Gasteiger partial charge is 0.469 e. The highest BCUT2D eigenvalue weighted by Gasteiger charge is 1.99. The van der Waals surface area contributed by atoms with Gasteiger partial charge in [-0.15, -0.1) is 0 Å². The Hall–Kier alpha value is -1.10. The topological polar surface area (TPSA) is 67.4 Å². The highest BCUT2D eigenvalue weighted by Crippen LogP contribution is 1.87. The van der Waals surface area contributed by atoms with Crippen molar-refractivity contribution >= 4 is 11.9 Å². The fourth-order valence-electron chi connectivity index (χ4n) is 0.916. The van der Waals surface area contributed by atoms with Crippen molar-refractivity contribution in [1.82, 2.24) is 10.6 Å². The molecule has 1 amide bonds. The van der Waals surface area contributed by atoms with Gasteiger partial charge in [-0.3, -0.25) is 9.59 Å². The average molecular weight is 202 g/mol. The summed E-state index contributed by atoms with van der Waals surface area (Å²) in [5.74, 6) is -0.177. The van der Waals surface area contributed by atoms with Crippen molar-refractivity contribution in [3.05, 3.63) is 0 Å². The van der Waals surface area contributed by atoms with Crippen molar-refractivity contribution in [2.45, 2.75) is 19.3 Å². The maximum absolute atomic E-state index is 10.8. The minimum absolute atomic E-state index is 0.0415. The van der Waals surface area contributed by atoms with Gasteiger partial charge in [0.25, 0.3) is 0 Å². The van der Waals surface area contributed by atoms with Gasteiger partial charge in [-0.2, -0.15) is 0 Å². The van der Waals surface area contributed by atoms with E-state index in [1.54, 1.807) is 7.05 Å². The molecule has 0 spiro atoms. The van der Waals surface area contributed by atoms with Crippen molar-refractivity contribution in [3.8, 4) is 0 Å². The molecule has 0 aliphatic rings. The van der Waals surface area contributed by atoms with Crippen LogP contribution in [-0.4, -0.2) is 39.1 Å². The molecule has 0 radical (unpaired) electrons. The van der Waals surface area contributed by atoms with E-state index in [0.717, 1.165) is 13.0 Å². The Morgan fingerprint density at radius 2 is 1.93 bits per heavy atom. The lowest BCUT2D eigenvalue weighted by Gasteiger charge is -2.03. The van der Waals surface area contributed by atoms with Crippen LogP contribution < -0.4 is 10.6 Å². The maximum atomic E-state index is 10.8. The smallest absolute Gasteiger partial charge is 0.306 e. The molecule has 0 aromatic carbocycles. The number of nitrogens with one attached hydrogen (secondary N) is 2. The zero-order valence-corrected chi connectivity index (χ0v) is 8.76. The molecule has 0 rings (SSSR count). The molecule has 0 unspecified atom stereocenters. The van der Waals surface area contributed by atoms with Crippen molar-refractivity contribution in [1.29, 1.82) is 0 Å². The zero-order chi connectivity index (χ0) is 10.8. The molecule has 0 aliphatic heterocycles. The van der Waals surface area contributed by atoms with Crippen LogP contribution in [0.4, 0.5) is 0 Å². The number of hydrogen-bond acceptors (Lipinski definition) is 4. The van der Waals surface area contributed by atoms with Crippen molar-refractivity contribution in [3.63, 3.8) is 0 Å². The third kappa shape index (κ3) is 7.54. The predicted molar refractivity (Wildman–Crippen MR) is 52.8 cm³/mol. The number of carbonyl (C=O) groups excluding carboxylic acids is 2. The van der Waals surface area contributed by atoms with Gasteiger partial charge >= 0.3 is 5.97 Å². The van der Waals surface area contributed by atoms with Crippen molar-refractivity contribution in [2.24, 2.45) is 0 Å². The molecule has 14 heavy (non-hydrogen) atoms. The van der Waals surface area contributed by atoms with Gasteiger partial charge in [0.1, 0.15) is 0 Å². The standard InChI is InChI=1S/C9H18N2O3/c1-10-8(12)4-3-6-11-7-5-9(13)14-2/h11H,3-7H2,1-2H3,(H,10,12). The van der Waals surface area contributed by atoms with Gasteiger partial charge in [0.15, 0.2) is 0 Å². The minimum Gasteiger partial charge on any atom is -0.469 e. The lowest BCUT2D eigenvalue weighted by atomic mass is 10.3. The Morgan fingerprint density at radius 1 is 1.21 bits per heavy atom. The van der Waals surface area contributed by atoms with Gasteiger partial charge in [0.2, 0.25) is 5.91 Å². The summed E-state index contributed by atoms with van der Waals surface area (Å²) in [4.78, 5) is 21.5. The average Bonchev–Trinajstić information content (AvgIpc) is 2.22. The fraction of sp³-hybridized carbons (Fsp3) is 0.778. The van der Waals surface area contributed by atoms with E-state index in [2.05, 4.69) is 15.4 Å².